The van der Waals surface area contributed by atoms with E-state index in [0.717, 1.165) is 17.8 Å². The Balaban J connectivity index is 1.69. The molecule has 3 aliphatic rings. The van der Waals surface area contributed by atoms with E-state index in [1.54, 1.807) is 5.56 Å². The molecule has 6 rings (SSSR count). The Morgan fingerprint density at radius 3 is 2.22 bits per heavy atom. The molecule has 1 atom stereocenters. The standard InChI is InChI=1S/C31H40N/c1-19-14-26(31(4,5)6)18-28(21(19)3)30-27-13-12-24(17-25(27)15-20(2)32(30)7)29-16-22-8-10-23(29)11-9-22/h12-15,17-18,22-23,29H,8-11,16H2,1-7H3/q+1. The van der Waals surface area contributed by atoms with Gasteiger partial charge in [-0.1, -0.05) is 51.8 Å². The van der Waals surface area contributed by atoms with Crippen LogP contribution in [0.4, 0.5) is 0 Å². The molecule has 3 aliphatic carbocycles. The van der Waals surface area contributed by atoms with Crippen LogP contribution in [0.2, 0.25) is 0 Å². The van der Waals surface area contributed by atoms with Crippen molar-refractivity contribution in [2.24, 2.45) is 18.9 Å². The molecule has 3 saturated carbocycles. The smallest absolute Gasteiger partial charge is 0.198 e. The van der Waals surface area contributed by atoms with Crippen molar-refractivity contribution >= 4 is 10.8 Å². The van der Waals surface area contributed by atoms with Crippen molar-refractivity contribution in [3.8, 4) is 11.3 Å². The van der Waals surface area contributed by atoms with Gasteiger partial charge < -0.3 is 0 Å². The first-order valence-corrected chi connectivity index (χ1v) is 12.7. The Morgan fingerprint density at radius 1 is 0.875 bits per heavy atom. The third kappa shape index (κ3) is 3.58. The van der Waals surface area contributed by atoms with Gasteiger partial charge in [0.2, 0.25) is 5.69 Å². The number of aromatic nitrogens is 1. The third-order valence-electron chi connectivity index (χ3n) is 8.82. The SMILES string of the molecule is Cc1cc(C(C)(C)C)cc(-c2c3ccc(C4CC5CCC4CC5)cc3cc(C)[n+]2C)c1C. The van der Waals surface area contributed by atoms with E-state index < -0.39 is 0 Å². The Morgan fingerprint density at radius 2 is 1.59 bits per heavy atom. The fourth-order valence-electron chi connectivity index (χ4n) is 6.48. The quantitative estimate of drug-likeness (QED) is 0.367. The van der Waals surface area contributed by atoms with Gasteiger partial charge in [-0.2, -0.15) is 4.57 Å². The second-order valence-corrected chi connectivity index (χ2v) is 11.9. The van der Waals surface area contributed by atoms with Crippen molar-refractivity contribution in [3.05, 3.63) is 64.3 Å². The maximum atomic E-state index is 2.53. The lowest BCUT2D eigenvalue weighted by molar-refractivity contribution is -0.665. The zero-order valence-corrected chi connectivity index (χ0v) is 21.2. The fourth-order valence-corrected chi connectivity index (χ4v) is 6.48. The Hall–Kier alpha value is -2.15. The van der Waals surface area contributed by atoms with Crippen molar-refractivity contribution in [1.29, 1.82) is 0 Å². The van der Waals surface area contributed by atoms with Gasteiger partial charge in [-0.05, 0) is 96.1 Å². The molecule has 1 unspecified atom stereocenters. The van der Waals surface area contributed by atoms with Crippen LogP contribution in [0.15, 0.2) is 36.4 Å². The monoisotopic (exact) mass is 426 g/mol. The van der Waals surface area contributed by atoms with Gasteiger partial charge in [-0.25, -0.2) is 0 Å². The predicted octanol–water partition coefficient (Wildman–Crippen LogP) is 7.85. The molecule has 0 amide bonds. The average Bonchev–Trinajstić information content (AvgIpc) is 2.76. The lowest BCUT2D eigenvalue weighted by atomic mass is 9.63. The predicted molar refractivity (Wildman–Crippen MR) is 136 cm³/mol. The Kier molecular flexibility index (Phi) is 5.23. The third-order valence-corrected chi connectivity index (χ3v) is 8.82. The van der Waals surface area contributed by atoms with Crippen molar-refractivity contribution < 1.29 is 4.57 Å². The van der Waals surface area contributed by atoms with E-state index >= 15 is 0 Å². The number of pyridine rings is 1. The van der Waals surface area contributed by atoms with Crippen molar-refractivity contribution in [2.45, 2.75) is 85.0 Å². The molecule has 0 aliphatic heterocycles. The minimum absolute atomic E-state index is 0.138. The van der Waals surface area contributed by atoms with Crippen LogP contribution in [0, 0.1) is 32.6 Å². The number of fused-ring (bicyclic) bond motifs is 4. The van der Waals surface area contributed by atoms with Crippen LogP contribution >= 0.6 is 0 Å². The fraction of sp³-hybridized carbons (Fsp3) is 0.516. The van der Waals surface area contributed by atoms with Gasteiger partial charge in [0.1, 0.15) is 7.05 Å². The first-order valence-electron chi connectivity index (χ1n) is 12.7. The van der Waals surface area contributed by atoms with Crippen LogP contribution in [-0.4, -0.2) is 0 Å². The summed E-state index contributed by atoms with van der Waals surface area (Å²) >= 11 is 0. The van der Waals surface area contributed by atoms with Crippen LogP contribution in [0.5, 0.6) is 0 Å². The number of aryl methyl sites for hydroxylation is 2. The number of hydrogen-bond donors (Lipinski definition) is 0. The molecule has 0 spiro atoms. The number of nitrogens with zero attached hydrogens (tertiary/aromatic N) is 1. The summed E-state index contributed by atoms with van der Waals surface area (Å²) in [5.41, 5.74) is 10.00. The molecule has 1 aromatic heterocycles. The molecule has 1 heteroatoms. The van der Waals surface area contributed by atoms with Gasteiger partial charge in [0, 0.05) is 13.0 Å². The molecular formula is C31H40N+. The molecule has 3 fully saturated rings. The first-order chi connectivity index (χ1) is 15.1. The van der Waals surface area contributed by atoms with E-state index in [1.807, 2.05) is 0 Å². The zero-order valence-electron chi connectivity index (χ0n) is 21.2. The van der Waals surface area contributed by atoms with Gasteiger partial charge >= 0.3 is 0 Å². The molecule has 0 N–H and O–H groups in total. The van der Waals surface area contributed by atoms with E-state index in [2.05, 4.69) is 89.6 Å². The molecule has 2 aromatic carbocycles. The molecule has 3 aromatic rings. The lowest BCUT2D eigenvalue weighted by Gasteiger charge is -2.42. The Labute approximate surface area is 194 Å². The summed E-state index contributed by atoms with van der Waals surface area (Å²) in [5, 5.41) is 2.80. The van der Waals surface area contributed by atoms with E-state index in [4.69, 9.17) is 0 Å². The minimum atomic E-state index is 0.138. The molecule has 1 heterocycles. The van der Waals surface area contributed by atoms with Crippen LogP contribution in [0.25, 0.3) is 22.0 Å². The van der Waals surface area contributed by atoms with E-state index in [9.17, 15) is 0 Å². The average molecular weight is 427 g/mol. The molecular weight excluding hydrogens is 386 g/mol. The second-order valence-electron chi connectivity index (χ2n) is 11.9. The van der Waals surface area contributed by atoms with Crippen LogP contribution in [-0.2, 0) is 12.5 Å². The summed E-state index contributed by atoms with van der Waals surface area (Å²) < 4.78 is 2.40. The van der Waals surface area contributed by atoms with Crippen molar-refractivity contribution in [2.75, 3.05) is 0 Å². The van der Waals surface area contributed by atoms with Crippen molar-refractivity contribution in [3.63, 3.8) is 0 Å². The molecule has 32 heavy (non-hydrogen) atoms. The highest BCUT2D eigenvalue weighted by Crippen LogP contribution is 2.50. The van der Waals surface area contributed by atoms with Gasteiger partial charge in [0.05, 0.1) is 10.9 Å². The summed E-state index contributed by atoms with van der Waals surface area (Å²) in [7, 11) is 2.23. The summed E-state index contributed by atoms with van der Waals surface area (Å²) in [5.74, 6) is 2.65. The summed E-state index contributed by atoms with van der Waals surface area (Å²) in [4.78, 5) is 0. The number of rotatable bonds is 2. The van der Waals surface area contributed by atoms with Crippen LogP contribution in [0.3, 0.4) is 0 Å². The van der Waals surface area contributed by atoms with Gasteiger partial charge in [-0.15, -0.1) is 0 Å². The molecule has 0 saturated heterocycles. The van der Waals surface area contributed by atoms with Gasteiger partial charge in [-0.3, -0.25) is 0 Å². The van der Waals surface area contributed by atoms with E-state index in [1.165, 1.54) is 76.5 Å². The van der Waals surface area contributed by atoms with Gasteiger partial charge in [0.25, 0.3) is 0 Å². The largest absolute Gasteiger partial charge is 0.220 e. The van der Waals surface area contributed by atoms with E-state index in [0.29, 0.717) is 0 Å². The maximum Gasteiger partial charge on any atom is 0.220 e. The van der Waals surface area contributed by atoms with Crippen LogP contribution in [0.1, 0.15) is 86.7 Å². The number of benzene rings is 2. The molecule has 1 nitrogen and oxygen atoms in total. The normalized spacial score (nSPS) is 23.2. The Bertz CT molecular complexity index is 1190. The highest BCUT2D eigenvalue weighted by molar-refractivity contribution is 5.94. The van der Waals surface area contributed by atoms with Crippen LogP contribution < -0.4 is 4.57 Å². The number of hydrogen-bond acceptors (Lipinski definition) is 0. The van der Waals surface area contributed by atoms with Crippen molar-refractivity contribution in [1.82, 2.24) is 0 Å². The highest BCUT2D eigenvalue weighted by atomic mass is 14.9. The topological polar surface area (TPSA) is 3.88 Å². The molecule has 0 radical (unpaired) electrons. The van der Waals surface area contributed by atoms with E-state index in [-0.39, 0.29) is 5.41 Å². The summed E-state index contributed by atoms with van der Waals surface area (Å²) in [6, 6.07) is 14.7. The maximum absolute atomic E-state index is 2.53. The lowest BCUT2D eigenvalue weighted by Crippen LogP contribution is -2.35. The summed E-state index contributed by atoms with van der Waals surface area (Å²) in [6.07, 6.45) is 7.24. The highest BCUT2D eigenvalue weighted by Gasteiger charge is 2.36. The van der Waals surface area contributed by atoms with Gasteiger partial charge in [0.15, 0.2) is 5.69 Å². The first kappa shape index (κ1) is 21.7. The second kappa shape index (κ2) is 7.72. The minimum Gasteiger partial charge on any atom is -0.198 e. The molecule has 2 bridgehead atoms. The zero-order chi connectivity index (χ0) is 22.8. The molecule has 168 valence electrons. The summed E-state index contributed by atoms with van der Waals surface area (Å²) in [6.45, 7) is 13.8.